The van der Waals surface area contributed by atoms with Crippen LogP contribution in [0.2, 0.25) is 15.1 Å². The minimum Gasteiger partial charge on any atom is -0.313 e. The topological polar surface area (TPSA) is 58.2 Å². The van der Waals surface area contributed by atoms with Crippen LogP contribution in [0.3, 0.4) is 0 Å². The fraction of sp³-hybridized carbons (Fsp3) is 0.333. The monoisotopic (exact) mass is 354 g/mol. The van der Waals surface area contributed by atoms with E-state index >= 15 is 0 Å². The summed E-state index contributed by atoms with van der Waals surface area (Å²) in [6.45, 7) is 1.84. The van der Waals surface area contributed by atoms with Gasteiger partial charge in [-0.15, -0.1) is 0 Å². The van der Waals surface area contributed by atoms with Gasteiger partial charge in [-0.2, -0.15) is 0 Å². The molecule has 1 aromatic carbocycles. The second-order valence-electron chi connectivity index (χ2n) is 4.34. The van der Waals surface area contributed by atoms with Crippen LogP contribution in [-0.4, -0.2) is 28.1 Å². The van der Waals surface area contributed by atoms with Crippen LogP contribution < -0.4 is 10.0 Å². The highest BCUT2D eigenvalue weighted by Gasteiger charge is 2.22. The zero-order chi connectivity index (χ0) is 14.8. The molecule has 1 aromatic rings. The highest BCUT2D eigenvalue weighted by molar-refractivity contribution is 7.89. The van der Waals surface area contributed by atoms with Crippen molar-refractivity contribution >= 4 is 44.8 Å². The average Bonchev–Trinajstić information content (AvgIpc) is 2.36. The molecule has 8 heteroatoms. The van der Waals surface area contributed by atoms with E-state index in [9.17, 15) is 8.42 Å². The Kier molecular flexibility index (Phi) is 5.34. The molecule has 2 rings (SSSR count). The summed E-state index contributed by atoms with van der Waals surface area (Å²) in [5, 5.41) is 3.47. The fourth-order valence-corrected chi connectivity index (χ4v) is 4.45. The molecule has 0 aliphatic carbocycles. The third-order valence-corrected chi connectivity index (χ3v) is 5.42. The number of benzene rings is 1. The number of halogens is 3. The third-order valence-electron chi connectivity index (χ3n) is 2.88. The van der Waals surface area contributed by atoms with Crippen LogP contribution in [0.15, 0.2) is 28.7 Å². The lowest BCUT2D eigenvalue weighted by atomic mass is 10.1. The van der Waals surface area contributed by atoms with Crippen LogP contribution in [0.1, 0.15) is 6.42 Å². The summed E-state index contributed by atoms with van der Waals surface area (Å²) in [5.74, 6) is 0. The lowest BCUT2D eigenvalue weighted by molar-refractivity contribution is 0.582. The molecule has 0 fully saturated rings. The average molecular weight is 356 g/mol. The van der Waals surface area contributed by atoms with Gasteiger partial charge >= 0.3 is 0 Å². The van der Waals surface area contributed by atoms with E-state index in [4.69, 9.17) is 34.8 Å². The highest BCUT2D eigenvalue weighted by Crippen LogP contribution is 2.32. The normalized spacial score (nSPS) is 16.1. The summed E-state index contributed by atoms with van der Waals surface area (Å²) in [4.78, 5) is -0.139. The molecule has 0 aromatic heterocycles. The third kappa shape index (κ3) is 3.87. The summed E-state index contributed by atoms with van der Waals surface area (Å²) >= 11 is 17.6. The van der Waals surface area contributed by atoms with Crippen molar-refractivity contribution in [2.75, 3.05) is 19.6 Å². The molecule has 0 amide bonds. The van der Waals surface area contributed by atoms with Crippen LogP contribution >= 0.6 is 34.8 Å². The molecule has 0 atom stereocenters. The minimum absolute atomic E-state index is 0.00860. The maximum atomic E-state index is 12.3. The van der Waals surface area contributed by atoms with Crippen molar-refractivity contribution in [2.45, 2.75) is 11.3 Å². The number of hydrogen-bond acceptors (Lipinski definition) is 3. The number of sulfonamides is 1. The van der Waals surface area contributed by atoms with Crippen molar-refractivity contribution in [2.24, 2.45) is 0 Å². The zero-order valence-electron chi connectivity index (χ0n) is 10.4. The van der Waals surface area contributed by atoms with E-state index in [1.807, 2.05) is 6.08 Å². The van der Waals surface area contributed by atoms with Crippen molar-refractivity contribution in [3.05, 3.63) is 38.8 Å². The van der Waals surface area contributed by atoms with Crippen molar-refractivity contribution in [1.82, 2.24) is 10.0 Å². The van der Waals surface area contributed by atoms with Gasteiger partial charge < -0.3 is 5.32 Å². The van der Waals surface area contributed by atoms with Gasteiger partial charge in [-0.1, -0.05) is 46.5 Å². The predicted molar refractivity (Wildman–Crippen MR) is 82.2 cm³/mol. The molecule has 4 nitrogen and oxygen atoms in total. The first-order valence-electron chi connectivity index (χ1n) is 5.93. The Bertz CT molecular complexity index is 621. The molecule has 0 bridgehead atoms. The summed E-state index contributed by atoms with van der Waals surface area (Å²) < 4.78 is 27.0. The van der Waals surface area contributed by atoms with E-state index in [-0.39, 0.29) is 21.5 Å². The van der Waals surface area contributed by atoms with Crippen LogP contribution in [0.5, 0.6) is 0 Å². The smallest absolute Gasteiger partial charge is 0.243 e. The Morgan fingerprint density at radius 2 is 1.85 bits per heavy atom. The fourth-order valence-electron chi connectivity index (χ4n) is 1.88. The molecular weight excluding hydrogens is 343 g/mol. The number of nitrogens with one attached hydrogen (secondary N) is 2. The number of hydrogen-bond donors (Lipinski definition) is 2. The van der Waals surface area contributed by atoms with Gasteiger partial charge in [0.15, 0.2) is 0 Å². The van der Waals surface area contributed by atoms with E-state index in [2.05, 4.69) is 10.0 Å². The summed E-state index contributed by atoms with van der Waals surface area (Å²) in [5.41, 5.74) is 1.04. The SMILES string of the molecule is O=S(=O)(NCC1=CCNCC1)c1c(Cl)cc(Cl)cc1Cl. The quantitative estimate of drug-likeness (QED) is 0.817. The van der Waals surface area contributed by atoms with E-state index in [0.29, 0.717) is 5.02 Å². The first kappa shape index (κ1) is 16.1. The van der Waals surface area contributed by atoms with Gasteiger partial charge in [0.2, 0.25) is 10.0 Å². The Hall–Kier alpha value is -0.300. The Balaban J connectivity index is 2.20. The lowest BCUT2D eigenvalue weighted by Crippen LogP contribution is -2.30. The molecule has 0 spiro atoms. The van der Waals surface area contributed by atoms with Gasteiger partial charge in [-0.25, -0.2) is 13.1 Å². The molecule has 0 radical (unpaired) electrons. The van der Waals surface area contributed by atoms with E-state index in [1.54, 1.807) is 0 Å². The molecule has 0 saturated carbocycles. The molecule has 1 heterocycles. The summed E-state index contributed by atoms with van der Waals surface area (Å²) in [7, 11) is -3.77. The largest absolute Gasteiger partial charge is 0.313 e. The lowest BCUT2D eigenvalue weighted by Gasteiger charge is -2.15. The second kappa shape index (κ2) is 6.64. The molecule has 0 saturated heterocycles. The first-order valence-corrected chi connectivity index (χ1v) is 8.54. The molecule has 2 N–H and O–H groups in total. The van der Waals surface area contributed by atoms with E-state index < -0.39 is 10.0 Å². The first-order chi connectivity index (χ1) is 9.40. The van der Waals surface area contributed by atoms with Gasteiger partial charge in [0.1, 0.15) is 4.90 Å². The van der Waals surface area contributed by atoms with Crippen molar-refractivity contribution in [1.29, 1.82) is 0 Å². The predicted octanol–water partition coefficient (Wildman–Crippen LogP) is 2.84. The van der Waals surface area contributed by atoms with Crippen LogP contribution in [0.4, 0.5) is 0 Å². The molecule has 0 unspecified atom stereocenters. The van der Waals surface area contributed by atoms with Crippen LogP contribution in [0.25, 0.3) is 0 Å². The van der Waals surface area contributed by atoms with E-state index in [0.717, 1.165) is 25.1 Å². The standard InChI is InChI=1S/C12H13Cl3N2O2S/c13-9-5-10(14)12(11(15)6-9)20(18,19)17-7-8-1-3-16-4-2-8/h1,5-6,16-17H,2-4,7H2. The van der Waals surface area contributed by atoms with Gasteiger partial charge in [-0.05, 0) is 25.1 Å². The number of rotatable bonds is 4. The Morgan fingerprint density at radius 1 is 1.20 bits per heavy atom. The van der Waals surface area contributed by atoms with Crippen molar-refractivity contribution in [3.8, 4) is 0 Å². The molecule has 20 heavy (non-hydrogen) atoms. The van der Waals surface area contributed by atoms with Crippen LogP contribution in [0, 0.1) is 0 Å². The van der Waals surface area contributed by atoms with Crippen LogP contribution in [-0.2, 0) is 10.0 Å². The molecule has 110 valence electrons. The van der Waals surface area contributed by atoms with Gasteiger partial charge in [-0.3, -0.25) is 0 Å². The molecular formula is C12H13Cl3N2O2S. The maximum absolute atomic E-state index is 12.3. The zero-order valence-corrected chi connectivity index (χ0v) is 13.5. The van der Waals surface area contributed by atoms with Gasteiger partial charge in [0.25, 0.3) is 0 Å². The minimum atomic E-state index is -3.77. The van der Waals surface area contributed by atoms with Gasteiger partial charge in [0.05, 0.1) is 10.0 Å². The maximum Gasteiger partial charge on any atom is 0.243 e. The Labute approximate surface area is 133 Å². The molecule has 1 aliphatic rings. The summed E-state index contributed by atoms with van der Waals surface area (Å²) in [6.07, 6.45) is 2.78. The summed E-state index contributed by atoms with van der Waals surface area (Å²) in [6, 6.07) is 2.71. The van der Waals surface area contributed by atoms with E-state index in [1.165, 1.54) is 12.1 Å². The van der Waals surface area contributed by atoms with Gasteiger partial charge in [0, 0.05) is 18.1 Å². The highest BCUT2D eigenvalue weighted by atomic mass is 35.5. The van der Waals surface area contributed by atoms with Crippen molar-refractivity contribution in [3.63, 3.8) is 0 Å². The molecule has 1 aliphatic heterocycles. The second-order valence-corrected chi connectivity index (χ2v) is 7.29. The van der Waals surface area contributed by atoms with Crippen molar-refractivity contribution < 1.29 is 8.42 Å². The Morgan fingerprint density at radius 3 is 2.40 bits per heavy atom.